The summed E-state index contributed by atoms with van der Waals surface area (Å²) in [6, 6.07) is 7.89. The number of hydrogen-bond acceptors (Lipinski definition) is 1. The average Bonchev–Trinajstić information content (AvgIpc) is 2.84. The molecule has 0 aliphatic heterocycles. The van der Waals surface area contributed by atoms with Gasteiger partial charge in [0, 0.05) is 13.0 Å². The van der Waals surface area contributed by atoms with E-state index in [1.54, 1.807) is 0 Å². The van der Waals surface area contributed by atoms with Gasteiger partial charge in [0.2, 0.25) is 0 Å². The molecule has 1 aromatic carbocycles. The van der Waals surface area contributed by atoms with Crippen LogP contribution in [0.2, 0.25) is 0 Å². The summed E-state index contributed by atoms with van der Waals surface area (Å²) in [5, 5.41) is 0. The Hall–Kier alpha value is -0.890. The number of hydrogen-bond donors (Lipinski definition) is 1. The highest BCUT2D eigenvalue weighted by Crippen LogP contribution is 2.42. The van der Waals surface area contributed by atoms with Gasteiger partial charge in [0.1, 0.15) is 5.67 Å². The molecule has 2 N–H and O–H groups in total. The predicted octanol–water partition coefficient (Wildman–Crippen LogP) is 2.19. The van der Waals surface area contributed by atoms with Crippen molar-refractivity contribution in [3.8, 4) is 0 Å². The summed E-state index contributed by atoms with van der Waals surface area (Å²) in [6.07, 6.45) is 2.00. The van der Waals surface area contributed by atoms with E-state index >= 15 is 0 Å². The Morgan fingerprint density at radius 2 is 2.00 bits per heavy atom. The van der Waals surface area contributed by atoms with E-state index in [0.717, 1.165) is 24.0 Å². The Labute approximate surface area is 77.8 Å². The van der Waals surface area contributed by atoms with Crippen LogP contribution in [0.25, 0.3) is 0 Å². The minimum Gasteiger partial charge on any atom is -0.326 e. The van der Waals surface area contributed by atoms with Crippen LogP contribution < -0.4 is 5.73 Å². The lowest BCUT2D eigenvalue weighted by atomic mass is 10.0. The fraction of sp³-hybridized carbons (Fsp3) is 0.455. The van der Waals surface area contributed by atoms with Crippen molar-refractivity contribution in [2.24, 2.45) is 5.73 Å². The first-order valence-corrected chi connectivity index (χ1v) is 4.69. The van der Waals surface area contributed by atoms with Crippen LogP contribution in [-0.2, 0) is 13.0 Å². The highest BCUT2D eigenvalue weighted by Gasteiger charge is 2.42. The minimum absolute atomic E-state index is 0.535. The molecule has 1 fully saturated rings. The second-order valence-electron chi connectivity index (χ2n) is 3.85. The molecular formula is C11H14FN. The minimum atomic E-state index is -0.896. The van der Waals surface area contributed by atoms with Crippen LogP contribution in [0.15, 0.2) is 24.3 Å². The normalized spacial score (nSPS) is 18.6. The molecule has 2 heteroatoms. The van der Waals surface area contributed by atoms with Gasteiger partial charge in [-0.25, -0.2) is 4.39 Å². The van der Waals surface area contributed by atoms with Crippen molar-refractivity contribution < 1.29 is 4.39 Å². The van der Waals surface area contributed by atoms with Gasteiger partial charge in [-0.05, 0) is 24.0 Å². The summed E-state index contributed by atoms with van der Waals surface area (Å²) >= 11 is 0. The second kappa shape index (κ2) is 3.11. The number of benzene rings is 1. The van der Waals surface area contributed by atoms with Gasteiger partial charge in [-0.2, -0.15) is 0 Å². The fourth-order valence-corrected chi connectivity index (χ4v) is 1.54. The molecule has 1 saturated carbocycles. The maximum absolute atomic E-state index is 13.4. The molecule has 0 radical (unpaired) electrons. The largest absolute Gasteiger partial charge is 0.326 e. The van der Waals surface area contributed by atoms with Gasteiger partial charge in [-0.1, -0.05) is 24.3 Å². The molecule has 1 aliphatic carbocycles. The first-order valence-electron chi connectivity index (χ1n) is 4.69. The second-order valence-corrected chi connectivity index (χ2v) is 3.85. The van der Waals surface area contributed by atoms with E-state index < -0.39 is 5.67 Å². The quantitative estimate of drug-likeness (QED) is 0.756. The van der Waals surface area contributed by atoms with Crippen molar-refractivity contribution in [1.82, 2.24) is 0 Å². The van der Waals surface area contributed by atoms with E-state index in [9.17, 15) is 4.39 Å². The zero-order valence-corrected chi connectivity index (χ0v) is 7.59. The Bertz CT molecular complexity index is 305. The van der Waals surface area contributed by atoms with Gasteiger partial charge in [-0.15, -0.1) is 0 Å². The van der Waals surface area contributed by atoms with Crippen LogP contribution in [-0.4, -0.2) is 5.67 Å². The Morgan fingerprint density at radius 3 is 2.62 bits per heavy atom. The third-order valence-corrected chi connectivity index (χ3v) is 2.54. The Balaban J connectivity index is 2.11. The summed E-state index contributed by atoms with van der Waals surface area (Å²) in [5.41, 5.74) is 6.77. The zero-order valence-electron chi connectivity index (χ0n) is 7.59. The SMILES string of the molecule is NCc1cccc(CC2(F)CC2)c1. The molecular weight excluding hydrogens is 165 g/mol. The van der Waals surface area contributed by atoms with Crippen LogP contribution in [0.4, 0.5) is 4.39 Å². The number of alkyl halides is 1. The van der Waals surface area contributed by atoms with Gasteiger partial charge in [0.25, 0.3) is 0 Å². The van der Waals surface area contributed by atoms with Crippen LogP contribution in [0.5, 0.6) is 0 Å². The van der Waals surface area contributed by atoms with Crippen LogP contribution in [0, 0.1) is 0 Å². The molecule has 1 aromatic rings. The van der Waals surface area contributed by atoms with Gasteiger partial charge in [0.15, 0.2) is 0 Å². The monoisotopic (exact) mass is 179 g/mol. The number of halogens is 1. The molecule has 13 heavy (non-hydrogen) atoms. The third kappa shape index (κ3) is 2.07. The molecule has 2 rings (SSSR count). The third-order valence-electron chi connectivity index (χ3n) is 2.54. The highest BCUT2D eigenvalue weighted by atomic mass is 19.1. The first kappa shape index (κ1) is 8.70. The molecule has 0 atom stereocenters. The van der Waals surface area contributed by atoms with Crippen molar-refractivity contribution in [2.45, 2.75) is 31.5 Å². The molecule has 0 bridgehead atoms. The molecule has 0 amide bonds. The van der Waals surface area contributed by atoms with Crippen molar-refractivity contribution >= 4 is 0 Å². The summed E-state index contributed by atoms with van der Waals surface area (Å²) in [6.45, 7) is 0.535. The Morgan fingerprint density at radius 1 is 1.31 bits per heavy atom. The lowest BCUT2D eigenvalue weighted by Gasteiger charge is -2.06. The van der Waals surface area contributed by atoms with E-state index in [0.29, 0.717) is 13.0 Å². The van der Waals surface area contributed by atoms with Crippen molar-refractivity contribution in [2.75, 3.05) is 0 Å². The van der Waals surface area contributed by atoms with E-state index in [1.807, 2.05) is 24.3 Å². The van der Waals surface area contributed by atoms with E-state index in [4.69, 9.17) is 5.73 Å². The molecule has 0 aromatic heterocycles. The summed E-state index contributed by atoms with van der Waals surface area (Å²) in [7, 11) is 0. The van der Waals surface area contributed by atoms with Crippen molar-refractivity contribution in [3.63, 3.8) is 0 Å². The molecule has 0 heterocycles. The predicted molar refractivity (Wildman–Crippen MR) is 51.1 cm³/mol. The smallest absolute Gasteiger partial charge is 0.115 e. The van der Waals surface area contributed by atoms with Crippen molar-refractivity contribution in [3.05, 3.63) is 35.4 Å². The molecule has 0 saturated heterocycles. The summed E-state index contributed by atoms with van der Waals surface area (Å²) in [4.78, 5) is 0. The molecule has 0 unspecified atom stereocenters. The number of rotatable bonds is 3. The summed E-state index contributed by atoms with van der Waals surface area (Å²) in [5.74, 6) is 0. The van der Waals surface area contributed by atoms with Crippen LogP contribution in [0.3, 0.4) is 0 Å². The number of nitrogens with two attached hydrogens (primary N) is 1. The van der Waals surface area contributed by atoms with E-state index in [1.165, 1.54) is 0 Å². The fourth-order valence-electron chi connectivity index (χ4n) is 1.54. The lowest BCUT2D eigenvalue weighted by Crippen LogP contribution is -2.05. The van der Waals surface area contributed by atoms with Crippen molar-refractivity contribution in [1.29, 1.82) is 0 Å². The average molecular weight is 179 g/mol. The highest BCUT2D eigenvalue weighted by molar-refractivity contribution is 5.25. The van der Waals surface area contributed by atoms with Gasteiger partial charge < -0.3 is 5.73 Å². The van der Waals surface area contributed by atoms with E-state index in [-0.39, 0.29) is 0 Å². The van der Waals surface area contributed by atoms with E-state index in [2.05, 4.69) is 0 Å². The van der Waals surface area contributed by atoms with Gasteiger partial charge in [-0.3, -0.25) is 0 Å². The van der Waals surface area contributed by atoms with Gasteiger partial charge in [0.05, 0.1) is 0 Å². The molecule has 0 spiro atoms. The molecule has 70 valence electrons. The zero-order chi connectivity index (χ0) is 9.31. The maximum atomic E-state index is 13.4. The molecule has 1 aliphatic rings. The first-order chi connectivity index (χ1) is 6.22. The van der Waals surface area contributed by atoms with Gasteiger partial charge >= 0.3 is 0 Å². The van der Waals surface area contributed by atoms with Crippen LogP contribution in [0.1, 0.15) is 24.0 Å². The summed E-state index contributed by atoms with van der Waals surface area (Å²) < 4.78 is 13.4. The lowest BCUT2D eigenvalue weighted by molar-refractivity contribution is 0.308. The standard InChI is InChI=1S/C11H14FN/c12-11(4-5-11)7-9-2-1-3-10(6-9)8-13/h1-3,6H,4-5,7-8,13H2. The molecule has 1 nitrogen and oxygen atoms in total. The van der Waals surface area contributed by atoms with Crippen LogP contribution >= 0.6 is 0 Å². The maximum Gasteiger partial charge on any atom is 0.115 e. The topological polar surface area (TPSA) is 26.0 Å². The Kier molecular flexibility index (Phi) is 2.08.